The topological polar surface area (TPSA) is 53.4 Å². The SMILES string of the molecule is CC(CC(=O)O)c1nc(C2CCN(C)C2)cs1. The molecular formula is C12H18N2O2S. The van der Waals surface area contributed by atoms with Crippen LogP contribution < -0.4 is 0 Å². The van der Waals surface area contributed by atoms with Crippen molar-refractivity contribution >= 4 is 17.3 Å². The van der Waals surface area contributed by atoms with Crippen LogP contribution >= 0.6 is 11.3 Å². The molecule has 1 aromatic rings. The van der Waals surface area contributed by atoms with E-state index in [4.69, 9.17) is 5.11 Å². The molecule has 2 unspecified atom stereocenters. The minimum atomic E-state index is -0.755. The van der Waals surface area contributed by atoms with Gasteiger partial charge in [0.1, 0.15) is 0 Å². The van der Waals surface area contributed by atoms with Gasteiger partial charge in [0.25, 0.3) is 0 Å². The first-order valence-corrected chi connectivity index (χ1v) is 6.80. The van der Waals surface area contributed by atoms with Crippen LogP contribution in [-0.4, -0.2) is 41.1 Å². The van der Waals surface area contributed by atoms with Crippen LogP contribution in [0, 0.1) is 0 Å². The van der Waals surface area contributed by atoms with E-state index in [-0.39, 0.29) is 12.3 Å². The van der Waals surface area contributed by atoms with Crippen LogP contribution in [0.1, 0.15) is 42.3 Å². The number of hydrogen-bond donors (Lipinski definition) is 1. The molecule has 0 spiro atoms. The molecule has 0 saturated carbocycles. The number of likely N-dealkylation sites (N-methyl/N-ethyl adjacent to an activating group) is 1. The number of carboxylic acid groups (broad SMARTS) is 1. The van der Waals surface area contributed by atoms with Crippen LogP contribution in [0.25, 0.3) is 0 Å². The second-order valence-electron chi connectivity index (χ2n) is 4.86. The number of nitrogens with zero attached hydrogens (tertiary/aromatic N) is 2. The Balaban J connectivity index is 2.02. The van der Waals surface area contributed by atoms with Crippen molar-refractivity contribution in [2.45, 2.75) is 31.6 Å². The Labute approximate surface area is 105 Å². The number of aliphatic carboxylic acids is 1. The van der Waals surface area contributed by atoms with E-state index in [1.807, 2.05) is 6.92 Å². The van der Waals surface area contributed by atoms with Gasteiger partial charge in [-0.25, -0.2) is 4.98 Å². The molecule has 1 saturated heterocycles. The maximum absolute atomic E-state index is 10.7. The molecule has 1 aromatic heterocycles. The van der Waals surface area contributed by atoms with Crippen molar-refractivity contribution in [1.29, 1.82) is 0 Å². The predicted octanol–water partition coefficient (Wildman–Crippen LogP) is 2.14. The second kappa shape index (κ2) is 5.14. The number of rotatable bonds is 4. The zero-order valence-electron chi connectivity index (χ0n) is 10.2. The minimum Gasteiger partial charge on any atom is -0.481 e. The van der Waals surface area contributed by atoms with Crippen molar-refractivity contribution in [3.8, 4) is 0 Å². The molecule has 94 valence electrons. The quantitative estimate of drug-likeness (QED) is 0.894. The molecule has 1 aliphatic heterocycles. The predicted molar refractivity (Wildman–Crippen MR) is 67.6 cm³/mol. The molecule has 1 fully saturated rings. The highest BCUT2D eigenvalue weighted by atomic mass is 32.1. The molecule has 1 N–H and O–H groups in total. The summed E-state index contributed by atoms with van der Waals surface area (Å²) in [7, 11) is 2.13. The lowest BCUT2D eigenvalue weighted by Gasteiger charge is -2.07. The van der Waals surface area contributed by atoms with Crippen LogP contribution in [-0.2, 0) is 4.79 Å². The molecule has 5 heteroatoms. The van der Waals surface area contributed by atoms with E-state index >= 15 is 0 Å². The summed E-state index contributed by atoms with van der Waals surface area (Å²) in [6.07, 6.45) is 1.32. The van der Waals surface area contributed by atoms with Crippen molar-refractivity contribution in [3.05, 3.63) is 16.1 Å². The van der Waals surface area contributed by atoms with Crippen LogP contribution in [0.15, 0.2) is 5.38 Å². The summed E-state index contributed by atoms with van der Waals surface area (Å²) in [4.78, 5) is 17.6. The summed E-state index contributed by atoms with van der Waals surface area (Å²) in [5.74, 6) is -0.206. The van der Waals surface area contributed by atoms with Crippen molar-refractivity contribution < 1.29 is 9.90 Å². The lowest BCUT2D eigenvalue weighted by atomic mass is 10.1. The lowest BCUT2D eigenvalue weighted by Crippen LogP contribution is -2.13. The second-order valence-corrected chi connectivity index (χ2v) is 5.75. The summed E-state index contributed by atoms with van der Waals surface area (Å²) in [6.45, 7) is 4.12. The van der Waals surface area contributed by atoms with Crippen LogP contribution in [0.4, 0.5) is 0 Å². The number of hydrogen-bond acceptors (Lipinski definition) is 4. The third-order valence-electron chi connectivity index (χ3n) is 3.25. The number of thiazole rings is 1. The highest BCUT2D eigenvalue weighted by Crippen LogP contribution is 2.30. The molecule has 4 nitrogen and oxygen atoms in total. The Morgan fingerprint density at radius 3 is 3.12 bits per heavy atom. The van der Waals surface area contributed by atoms with E-state index in [1.165, 1.54) is 0 Å². The Morgan fingerprint density at radius 2 is 2.53 bits per heavy atom. The molecule has 17 heavy (non-hydrogen) atoms. The van der Waals surface area contributed by atoms with E-state index in [0.29, 0.717) is 5.92 Å². The fourth-order valence-electron chi connectivity index (χ4n) is 2.24. The van der Waals surface area contributed by atoms with Gasteiger partial charge >= 0.3 is 5.97 Å². The molecule has 0 aliphatic carbocycles. The zero-order chi connectivity index (χ0) is 12.4. The number of carboxylic acids is 1. The first-order chi connectivity index (χ1) is 8.06. The molecule has 2 heterocycles. The van der Waals surface area contributed by atoms with E-state index in [2.05, 4.69) is 22.3 Å². The van der Waals surface area contributed by atoms with Gasteiger partial charge in [0.15, 0.2) is 0 Å². The molecule has 1 aliphatic rings. The molecular weight excluding hydrogens is 236 g/mol. The van der Waals surface area contributed by atoms with Gasteiger partial charge in [-0.1, -0.05) is 6.92 Å². The zero-order valence-corrected chi connectivity index (χ0v) is 11.0. The average Bonchev–Trinajstić information content (AvgIpc) is 2.84. The average molecular weight is 254 g/mol. The van der Waals surface area contributed by atoms with Gasteiger partial charge in [-0.05, 0) is 20.0 Å². The van der Waals surface area contributed by atoms with E-state index in [1.54, 1.807) is 11.3 Å². The normalized spacial score (nSPS) is 22.8. The van der Waals surface area contributed by atoms with Gasteiger partial charge in [0.05, 0.1) is 17.1 Å². The van der Waals surface area contributed by atoms with Crippen molar-refractivity contribution in [2.24, 2.45) is 0 Å². The number of carbonyl (C=O) groups is 1. The summed E-state index contributed by atoms with van der Waals surface area (Å²) in [6, 6.07) is 0. The van der Waals surface area contributed by atoms with Gasteiger partial charge in [-0.3, -0.25) is 4.79 Å². The summed E-state index contributed by atoms with van der Waals surface area (Å²) < 4.78 is 0. The molecule has 0 radical (unpaired) electrons. The fraction of sp³-hybridized carbons (Fsp3) is 0.667. The Kier molecular flexibility index (Phi) is 3.79. The van der Waals surface area contributed by atoms with Crippen molar-refractivity contribution in [2.75, 3.05) is 20.1 Å². The Hall–Kier alpha value is -0.940. The molecule has 0 amide bonds. The van der Waals surface area contributed by atoms with Gasteiger partial charge in [-0.2, -0.15) is 0 Å². The highest BCUT2D eigenvalue weighted by Gasteiger charge is 2.24. The Morgan fingerprint density at radius 1 is 1.76 bits per heavy atom. The molecule has 2 atom stereocenters. The smallest absolute Gasteiger partial charge is 0.304 e. The first kappa shape index (κ1) is 12.5. The number of likely N-dealkylation sites (tertiary alicyclic amines) is 1. The summed E-state index contributed by atoms with van der Waals surface area (Å²) in [5.41, 5.74) is 1.14. The van der Waals surface area contributed by atoms with Gasteiger partial charge in [0, 0.05) is 23.8 Å². The lowest BCUT2D eigenvalue weighted by molar-refractivity contribution is -0.137. The molecule has 0 bridgehead atoms. The fourth-order valence-corrected chi connectivity index (χ4v) is 3.20. The van der Waals surface area contributed by atoms with Crippen LogP contribution in [0.5, 0.6) is 0 Å². The third-order valence-corrected chi connectivity index (χ3v) is 4.35. The van der Waals surface area contributed by atoms with Crippen molar-refractivity contribution in [3.63, 3.8) is 0 Å². The summed E-state index contributed by atoms with van der Waals surface area (Å²) in [5, 5.41) is 11.8. The highest BCUT2D eigenvalue weighted by molar-refractivity contribution is 7.09. The van der Waals surface area contributed by atoms with E-state index in [0.717, 1.165) is 30.2 Å². The van der Waals surface area contributed by atoms with Crippen LogP contribution in [0.2, 0.25) is 0 Å². The Bertz CT molecular complexity index is 405. The van der Waals surface area contributed by atoms with Gasteiger partial charge in [0.2, 0.25) is 0 Å². The van der Waals surface area contributed by atoms with Crippen LogP contribution in [0.3, 0.4) is 0 Å². The third kappa shape index (κ3) is 3.04. The van der Waals surface area contributed by atoms with Gasteiger partial charge < -0.3 is 10.0 Å². The monoisotopic (exact) mass is 254 g/mol. The standard InChI is InChI=1S/C12H18N2O2S/c1-8(5-11(15)16)12-13-10(7-17-12)9-3-4-14(2)6-9/h7-9H,3-6H2,1-2H3,(H,15,16). The maximum Gasteiger partial charge on any atom is 0.304 e. The number of aromatic nitrogens is 1. The van der Waals surface area contributed by atoms with E-state index < -0.39 is 5.97 Å². The summed E-state index contributed by atoms with van der Waals surface area (Å²) >= 11 is 1.59. The first-order valence-electron chi connectivity index (χ1n) is 5.92. The maximum atomic E-state index is 10.7. The molecule has 2 rings (SSSR count). The minimum absolute atomic E-state index is 0.0189. The molecule has 0 aromatic carbocycles. The van der Waals surface area contributed by atoms with Gasteiger partial charge in [-0.15, -0.1) is 11.3 Å². The van der Waals surface area contributed by atoms with Crippen molar-refractivity contribution in [1.82, 2.24) is 9.88 Å². The largest absolute Gasteiger partial charge is 0.481 e. The van der Waals surface area contributed by atoms with E-state index in [9.17, 15) is 4.79 Å².